The van der Waals surface area contributed by atoms with E-state index in [9.17, 15) is 0 Å². The summed E-state index contributed by atoms with van der Waals surface area (Å²) < 4.78 is 0. The molecule has 0 spiro atoms. The van der Waals surface area contributed by atoms with Gasteiger partial charge in [-0.1, -0.05) is 105 Å². The van der Waals surface area contributed by atoms with Crippen molar-refractivity contribution in [2.24, 2.45) is 0 Å². The van der Waals surface area contributed by atoms with Gasteiger partial charge in [0.2, 0.25) is 0 Å². The summed E-state index contributed by atoms with van der Waals surface area (Å²) in [6, 6.07) is 8.57. The zero-order chi connectivity index (χ0) is 23.4. The van der Waals surface area contributed by atoms with E-state index in [0.29, 0.717) is 0 Å². The summed E-state index contributed by atoms with van der Waals surface area (Å²) in [7, 11) is 2.05. The van der Waals surface area contributed by atoms with Crippen LogP contribution in [0.5, 0.6) is 0 Å². The second-order valence-corrected chi connectivity index (χ2v) is 6.78. The van der Waals surface area contributed by atoms with Gasteiger partial charge in [0, 0.05) is 18.4 Å². The highest BCUT2D eigenvalue weighted by Crippen LogP contribution is 2.22. The number of nitrogens with zero attached hydrogens (tertiary/aromatic N) is 1. The SMILES string of the molecule is C#C.C=C(/C=C\CC)N(C)/C(=C\C)c1ccc(C)cc1.C=C/C=C\C=C(/C)CCC. The number of hydrogen-bond acceptors (Lipinski definition) is 1. The highest BCUT2D eigenvalue weighted by Gasteiger charge is 2.07. The van der Waals surface area contributed by atoms with Gasteiger partial charge in [-0.15, -0.1) is 12.8 Å². The molecular formula is C29H41N. The lowest BCUT2D eigenvalue weighted by atomic mass is 10.1. The van der Waals surface area contributed by atoms with E-state index in [1.807, 2.05) is 12.2 Å². The van der Waals surface area contributed by atoms with E-state index in [2.05, 4.69) is 121 Å². The van der Waals surface area contributed by atoms with Crippen molar-refractivity contribution in [1.82, 2.24) is 4.90 Å². The summed E-state index contributed by atoms with van der Waals surface area (Å²) in [5, 5.41) is 0. The van der Waals surface area contributed by atoms with Gasteiger partial charge in [-0.3, -0.25) is 0 Å². The van der Waals surface area contributed by atoms with Crippen molar-refractivity contribution in [3.8, 4) is 12.8 Å². The monoisotopic (exact) mass is 403 g/mol. The molecule has 1 rings (SSSR count). The second-order valence-electron chi connectivity index (χ2n) is 6.78. The molecule has 1 nitrogen and oxygen atoms in total. The Balaban J connectivity index is 0. The van der Waals surface area contributed by atoms with Gasteiger partial charge in [0.25, 0.3) is 0 Å². The molecule has 0 aliphatic rings. The number of rotatable bonds is 9. The molecule has 0 amide bonds. The number of allylic oxidation sites excluding steroid dienone is 8. The lowest BCUT2D eigenvalue weighted by Gasteiger charge is -2.23. The first-order chi connectivity index (χ1) is 14.4. The van der Waals surface area contributed by atoms with Crippen molar-refractivity contribution in [3.05, 3.63) is 102 Å². The molecule has 0 heterocycles. The van der Waals surface area contributed by atoms with E-state index in [4.69, 9.17) is 0 Å². The van der Waals surface area contributed by atoms with Gasteiger partial charge in [-0.2, -0.15) is 0 Å². The Labute approximate surface area is 186 Å². The first-order valence-electron chi connectivity index (χ1n) is 10.5. The fourth-order valence-corrected chi connectivity index (χ4v) is 2.57. The van der Waals surface area contributed by atoms with Crippen molar-refractivity contribution >= 4 is 5.70 Å². The van der Waals surface area contributed by atoms with E-state index in [1.165, 1.54) is 35.2 Å². The van der Waals surface area contributed by atoms with Crippen LogP contribution in [-0.4, -0.2) is 11.9 Å². The quantitative estimate of drug-likeness (QED) is 0.295. The van der Waals surface area contributed by atoms with E-state index in [0.717, 1.165) is 12.1 Å². The molecule has 162 valence electrons. The van der Waals surface area contributed by atoms with Crippen LogP contribution >= 0.6 is 0 Å². The number of hydrogen-bond donors (Lipinski definition) is 0. The predicted octanol–water partition coefficient (Wildman–Crippen LogP) is 8.49. The van der Waals surface area contributed by atoms with Crippen LogP contribution in [0, 0.1) is 19.8 Å². The maximum Gasteiger partial charge on any atom is 0.0438 e. The maximum atomic E-state index is 4.10. The zero-order valence-corrected chi connectivity index (χ0v) is 20.0. The van der Waals surface area contributed by atoms with Crippen LogP contribution < -0.4 is 0 Å². The Kier molecular flexibility index (Phi) is 18.8. The Morgan fingerprint density at radius 3 is 2.17 bits per heavy atom. The van der Waals surface area contributed by atoms with Crippen LogP contribution in [0.2, 0.25) is 0 Å². The van der Waals surface area contributed by atoms with E-state index in [1.54, 1.807) is 6.08 Å². The smallest absolute Gasteiger partial charge is 0.0438 e. The average molecular weight is 404 g/mol. The molecule has 1 heteroatoms. The van der Waals surface area contributed by atoms with Gasteiger partial charge < -0.3 is 4.90 Å². The predicted molar refractivity (Wildman–Crippen MR) is 139 cm³/mol. The summed E-state index contributed by atoms with van der Waals surface area (Å²) in [5.41, 5.74) is 6.12. The van der Waals surface area contributed by atoms with E-state index < -0.39 is 0 Å². The number of benzene rings is 1. The van der Waals surface area contributed by atoms with Gasteiger partial charge >= 0.3 is 0 Å². The van der Waals surface area contributed by atoms with Crippen LogP contribution in [0.25, 0.3) is 5.70 Å². The van der Waals surface area contributed by atoms with Crippen LogP contribution in [0.15, 0.2) is 91.2 Å². The molecular weight excluding hydrogens is 362 g/mol. The van der Waals surface area contributed by atoms with Gasteiger partial charge in [0.15, 0.2) is 0 Å². The van der Waals surface area contributed by atoms with Crippen molar-refractivity contribution in [1.29, 1.82) is 0 Å². The molecule has 0 aliphatic heterocycles. The van der Waals surface area contributed by atoms with Crippen molar-refractivity contribution < 1.29 is 0 Å². The van der Waals surface area contributed by atoms with Crippen molar-refractivity contribution in [3.63, 3.8) is 0 Å². The molecule has 0 aliphatic carbocycles. The van der Waals surface area contributed by atoms with Gasteiger partial charge in [-0.05, 0) is 45.3 Å². The summed E-state index contributed by atoms with van der Waals surface area (Å²) in [5.74, 6) is 0. The average Bonchev–Trinajstić information content (AvgIpc) is 2.76. The topological polar surface area (TPSA) is 3.24 Å². The standard InChI is InChI=1S/C17H23N.C10H16.C2H2/c1-6-8-9-15(4)18(5)17(7-2)16-12-10-14(3)11-13-16;1-4-6-7-9-10(3)8-5-2;1-2/h7-13H,4,6H2,1-3,5H3;4,6-7,9H,1,5,8H2,2-3H3;1-2H/b9-8-,17-7-;7-6-,10-9+;. The fraction of sp³-hybridized carbons (Fsp3) is 0.310. The van der Waals surface area contributed by atoms with E-state index in [-0.39, 0.29) is 0 Å². The fourth-order valence-electron chi connectivity index (χ4n) is 2.57. The van der Waals surface area contributed by atoms with Crippen LogP contribution in [0.3, 0.4) is 0 Å². The maximum absolute atomic E-state index is 4.10. The normalized spacial score (nSPS) is 11.3. The lowest BCUT2D eigenvalue weighted by molar-refractivity contribution is 0.618. The number of likely N-dealkylation sites (N-methyl/N-ethyl adjacent to an activating group) is 1. The second kappa shape index (κ2) is 19.3. The minimum Gasteiger partial charge on any atom is -0.345 e. The van der Waals surface area contributed by atoms with E-state index >= 15 is 0 Å². The molecule has 0 radical (unpaired) electrons. The molecule has 30 heavy (non-hydrogen) atoms. The van der Waals surface area contributed by atoms with Gasteiger partial charge in [-0.25, -0.2) is 0 Å². The summed E-state index contributed by atoms with van der Waals surface area (Å²) in [6.07, 6.45) is 25.7. The highest BCUT2D eigenvalue weighted by molar-refractivity contribution is 5.65. The van der Waals surface area contributed by atoms with Crippen LogP contribution in [-0.2, 0) is 0 Å². The third-order valence-corrected chi connectivity index (χ3v) is 4.23. The summed E-state index contributed by atoms with van der Waals surface area (Å²) in [6.45, 7) is 18.3. The third-order valence-electron chi connectivity index (χ3n) is 4.23. The molecule has 0 bridgehead atoms. The van der Waals surface area contributed by atoms with Gasteiger partial charge in [0.1, 0.15) is 0 Å². The molecule has 1 aromatic carbocycles. The molecule has 0 N–H and O–H groups in total. The molecule has 1 aromatic rings. The Hall–Kier alpha value is -2.98. The first kappa shape index (κ1) is 29.2. The Bertz CT molecular complexity index is 736. The van der Waals surface area contributed by atoms with Crippen molar-refractivity contribution in [2.75, 3.05) is 7.05 Å². The first-order valence-corrected chi connectivity index (χ1v) is 10.5. The lowest BCUT2D eigenvalue weighted by Crippen LogP contribution is -2.14. The molecule has 0 fully saturated rings. The van der Waals surface area contributed by atoms with Crippen LogP contribution in [0.4, 0.5) is 0 Å². The molecule has 0 atom stereocenters. The molecule has 0 unspecified atom stereocenters. The van der Waals surface area contributed by atoms with Crippen molar-refractivity contribution in [2.45, 2.75) is 53.9 Å². The highest BCUT2D eigenvalue weighted by atomic mass is 15.1. The Morgan fingerprint density at radius 1 is 1.10 bits per heavy atom. The molecule has 0 saturated heterocycles. The molecule has 0 aromatic heterocycles. The summed E-state index contributed by atoms with van der Waals surface area (Å²) in [4.78, 5) is 2.12. The minimum atomic E-state index is 1.01. The number of terminal acetylenes is 1. The molecule has 0 saturated carbocycles. The third kappa shape index (κ3) is 13.2. The zero-order valence-electron chi connectivity index (χ0n) is 20.0. The number of aryl methyl sites for hydroxylation is 1. The Morgan fingerprint density at radius 2 is 1.70 bits per heavy atom. The van der Waals surface area contributed by atoms with Crippen LogP contribution in [0.1, 0.15) is 58.1 Å². The van der Waals surface area contributed by atoms with Gasteiger partial charge in [0.05, 0.1) is 0 Å². The minimum absolute atomic E-state index is 1.01. The summed E-state index contributed by atoms with van der Waals surface area (Å²) >= 11 is 0. The largest absolute Gasteiger partial charge is 0.345 e.